The summed E-state index contributed by atoms with van der Waals surface area (Å²) >= 11 is 6.10. The number of carbonyl (C=O) groups excluding carboxylic acids is 1. The molecule has 176 valence electrons. The number of aromatic amines is 1. The van der Waals surface area contributed by atoms with E-state index >= 15 is 0 Å². The fourth-order valence-electron chi connectivity index (χ4n) is 4.18. The van der Waals surface area contributed by atoms with Crippen molar-refractivity contribution in [2.24, 2.45) is 7.05 Å². The minimum atomic E-state index is -0.342. The lowest BCUT2D eigenvalue weighted by Crippen LogP contribution is -2.27. The summed E-state index contributed by atoms with van der Waals surface area (Å²) < 4.78 is 3.33. The number of halogens is 1. The molecule has 1 amide bonds. The molecule has 2 aromatic carbocycles. The highest BCUT2D eigenvalue weighted by atomic mass is 35.5. The third kappa shape index (κ3) is 4.24. The SMILES string of the molecule is Cc1cc(C(=O)N(C)Cc2cn(-c3ccccc3)nc2-c2ccc(Cl)cc2)c2c(=O)[nH]n(C)c2n1. The van der Waals surface area contributed by atoms with Gasteiger partial charge in [-0.2, -0.15) is 5.10 Å². The van der Waals surface area contributed by atoms with Crippen molar-refractivity contribution in [3.05, 3.63) is 99.1 Å². The topological polar surface area (TPSA) is 88.8 Å². The first-order valence-corrected chi connectivity index (χ1v) is 11.4. The van der Waals surface area contributed by atoms with Gasteiger partial charge >= 0.3 is 0 Å². The van der Waals surface area contributed by atoms with Gasteiger partial charge in [0.25, 0.3) is 11.5 Å². The molecule has 8 nitrogen and oxygen atoms in total. The molecule has 0 spiro atoms. The zero-order chi connectivity index (χ0) is 24.7. The van der Waals surface area contributed by atoms with Gasteiger partial charge in [0.15, 0.2) is 5.65 Å². The number of benzene rings is 2. The van der Waals surface area contributed by atoms with Gasteiger partial charge in [-0.25, -0.2) is 9.67 Å². The molecule has 0 bridgehead atoms. The Morgan fingerprint density at radius 1 is 1.11 bits per heavy atom. The van der Waals surface area contributed by atoms with E-state index in [1.807, 2.05) is 60.8 Å². The van der Waals surface area contributed by atoms with E-state index in [9.17, 15) is 9.59 Å². The highest BCUT2D eigenvalue weighted by molar-refractivity contribution is 6.30. The highest BCUT2D eigenvalue weighted by Crippen LogP contribution is 2.27. The van der Waals surface area contributed by atoms with E-state index in [1.54, 1.807) is 36.7 Å². The standard InChI is InChI=1S/C26H23ClN6O2/c1-16-13-21(22-24(28-16)32(3)30-25(22)34)26(35)31(2)14-18-15-33(20-7-5-4-6-8-20)29-23(18)17-9-11-19(27)12-10-17/h4-13,15H,14H2,1-3H3,(H,30,34). The summed E-state index contributed by atoms with van der Waals surface area (Å²) in [6.07, 6.45) is 1.92. The van der Waals surface area contributed by atoms with Crippen LogP contribution in [0.3, 0.4) is 0 Å². The fraction of sp³-hybridized carbons (Fsp3) is 0.154. The summed E-state index contributed by atoms with van der Waals surface area (Å²) in [5.41, 5.74) is 4.49. The number of aromatic nitrogens is 5. The lowest BCUT2D eigenvalue weighted by molar-refractivity contribution is 0.0787. The number of fused-ring (bicyclic) bond motifs is 1. The summed E-state index contributed by atoms with van der Waals surface area (Å²) in [5, 5.41) is 8.42. The van der Waals surface area contributed by atoms with E-state index in [0.29, 0.717) is 21.9 Å². The van der Waals surface area contributed by atoms with Gasteiger partial charge in [-0.15, -0.1) is 0 Å². The summed E-state index contributed by atoms with van der Waals surface area (Å²) in [4.78, 5) is 32.1. The first-order valence-electron chi connectivity index (χ1n) is 11.0. The van der Waals surface area contributed by atoms with Crippen LogP contribution in [0.1, 0.15) is 21.6 Å². The molecule has 0 saturated heterocycles. The maximum absolute atomic E-state index is 13.5. The molecule has 9 heteroatoms. The Morgan fingerprint density at radius 2 is 1.83 bits per heavy atom. The minimum Gasteiger partial charge on any atom is -0.337 e. The average Bonchev–Trinajstić information content (AvgIpc) is 3.39. The normalized spacial score (nSPS) is 11.2. The van der Waals surface area contributed by atoms with Crippen molar-refractivity contribution < 1.29 is 4.79 Å². The molecular formula is C26H23ClN6O2. The van der Waals surface area contributed by atoms with Crippen LogP contribution < -0.4 is 5.56 Å². The highest BCUT2D eigenvalue weighted by Gasteiger charge is 2.22. The lowest BCUT2D eigenvalue weighted by atomic mass is 10.1. The van der Waals surface area contributed by atoms with Crippen LogP contribution in [-0.2, 0) is 13.6 Å². The van der Waals surface area contributed by atoms with Crippen LogP contribution in [0.4, 0.5) is 0 Å². The number of para-hydroxylation sites is 1. The molecule has 0 saturated carbocycles. The summed E-state index contributed by atoms with van der Waals surface area (Å²) in [5.74, 6) is -0.272. The van der Waals surface area contributed by atoms with Gasteiger partial charge in [0, 0.05) is 48.7 Å². The molecule has 5 aromatic rings. The molecular weight excluding hydrogens is 464 g/mol. The van der Waals surface area contributed by atoms with E-state index in [1.165, 1.54) is 4.68 Å². The van der Waals surface area contributed by atoms with Crippen molar-refractivity contribution in [3.8, 4) is 16.9 Å². The van der Waals surface area contributed by atoms with Crippen LogP contribution in [0.15, 0.2) is 71.7 Å². The van der Waals surface area contributed by atoms with E-state index in [-0.39, 0.29) is 23.4 Å². The predicted molar refractivity (Wildman–Crippen MR) is 136 cm³/mol. The Labute approximate surface area is 206 Å². The Hall–Kier alpha value is -4.17. The van der Waals surface area contributed by atoms with E-state index in [4.69, 9.17) is 16.7 Å². The van der Waals surface area contributed by atoms with Crippen LogP contribution in [0.2, 0.25) is 5.02 Å². The average molecular weight is 487 g/mol. The predicted octanol–water partition coefficient (Wildman–Crippen LogP) is 4.35. The Morgan fingerprint density at radius 3 is 2.54 bits per heavy atom. The summed E-state index contributed by atoms with van der Waals surface area (Å²) in [6, 6.07) is 18.9. The number of H-pyrrole nitrogens is 1. The second-order valence-corrected chi connectivity index (χ2v) is 8.90. The monoisotopic (exact) mass is 486 g/mol. The quantitative estimate of drug-likeness (QED) is 0.400. The zero-order valence-corrected chi connectivity index (χ0v) is 20.2. The molecule has 0 aliphatic rings. The van der Waals surface area contributed by atoms with Gasteiger partial charge < -0.3 is 4.90 Å². The molecule has 35 heavy (non-hydrogen) atoms. The van der Waals surface area contributed by atoms with E-state index in [2.05, 4.69) is 10.1 Å². The van der Waals surface area contributed by atoms with Gasteiger partial charge in [-0.1, -0.05) is 41.9 Å². The number of rotatable bonds is 5. The van der Waals surface area contributed by atoms with Crippen molar-refractivity contribution in [3.63, 3.8) is 0 Å². The second-order valence-electron chi connectivity index (χ2n) is 8.46. The number of carbonyl (C=O) groups is 1. The molecule has 1 N–H and O–H groups in total. The van der Waals surface area contributed by atoms with E-state index < -0.39 is 0 Å². The van der Waals surface area contributed by atoms with Crippen molar-refractivity contribution >= 4 is 28.5 Å². The number of nitrogens with one attached hydrogen (secondary N) is 1. The third-order valence-electron chi connectivity index (χ3n) is 5.86. The van der Waals surface area contributed by atoms with Gasteiger partial charge in [0.05, 0.1) is 22.3 Å². The summed E-state index contributed by atoms with van der Waals surface area (Å²) in [6.45, 7) is 2.09. The Kier molecular flexibility index (Phi) is 5.74. The van der Waals surface area contributed by atoms with Gasteiger partial charge in [-0.05, 0) is 37.3 Å². The van der Waals surface area contributed by atoms with Crippen molar-refractivity contribution in [2.45, 2.75) is 13.5 Å². The molecule has 3 heterocycles. The molecule has 0 aliphatic heterocycles. The first-order chi connectivity index (χ1) is 16.8. The second kappa shape index (κ2) is 8.88. The minimum absolute atomic E-state index is 0.272. The smallest absolute Gasteiger partial charge is 0.274 e. The van der Waals surface area contributed by atoms with Crippen LogP contribution in [0.25, 0.3) is 28.0 Å². The van der Waals surface area contributed by atoms with E-state index in [0.717, 1.165) is 22.5 Å². The van der Waals surface area contributed by atoms with Gasteiger partial charge in [-0.3, -0.25) is 19.4 Å². The number of amides is 1. The Balaban J connectivity index is 1.55. The molecule has 0 atom stereocenters. The first kappa shape index (κ1) is 22.6. The fourth-order valence-corrected chi connectivity index (χ4v) is 4.30. The van der Waals surface area contributed by atoms with Gasteiger partial charge in [0.1, 0.15) is 0 Å². The van der Waals surface area contributed by atoms with Crippen LogP contribution in [-0.4, -0.2) is 42.4 Å². The van der Waals surface area contributed by atoms with Crippen LogP contribution in [0.5, 0.6) is 0 Å². The molecule has 0 aliphatic carbocycles. The van der Waals surface area contributed by atoms with Crippen molar-refractivity contribution in [1.82, 2.24) is 29.4 Å². The zero-order valence-electron chi connectivity index (χ0n) is 19.5. The van der Waals surface area contributed by atoms with Crippen LogP contribution >= 0.6 is 11.6 Å². The number of aryl methyl sites for hydroxylation is 2. The van der Waals surface area contributed by atoms with Crippen LogP contribution in [0, 0.1) is 6.92 Å². The number of nitrogens with zero attached hydrogens (tertiary/aromatic N) is 5. The molecule has 5 rings (SSSR count). The molecule has 0 fully saturated rings. The van der Waals surface area contributed by atoms with Crippen molar-refractivity contribution in [2.75, 3.05) is 7.05 Å². The molecule has 0 unspecified atom stereocenters. The number of hydrogen-bond donors (Lipinski definition) is 1. The maximum Gasteiger partial charge on any atom is 0.274 e. The number of pyridine rings is 1. The molecule has 0 radical (unpaired) electrons. The summed E-state index contributed by atoms with van der Waals surface area (Å²) in [7, 11) is 3.41. The van der Waals surface area contributed by atoms with Crippen molar-refractivity contribution in [1.29, 1.82) is 0 Å². The molecule has 3 aromatic heterocycles. The largest absolute Gasteiger partial charge is 0.337 e. The maximum atomic E-state index is 13.5. The lowest BCUT2D eigenvalue weighted by Gasteiger charge is -2.18. The van der Waals surface area contributed by atoms with Gasteiger partial charge in [0.2, 0.25) is 0 Å². The third-order valence-corrected chi connectivity index (χ3v) is 6.11. The number of hydrogen-bond acceptors (Lipinski definition) is 4. The Bertz CT molecular complexity index is 1600.